The summed E-state index contributed by atoms with van der Waals surface area (Å²) in [5, 5.41) is 1.32. The molecule has 0 spiro atoms. The van der Waals surface area contributed by atoms with Crippen molar-refractivity contribution in [3.63, 3.8) is 0 Å². The zero-order chi connectivity index (χ0) is 11.4. The Morgan fingerprint density at radius 2 is 1.87 bits per heavy atom. The Labute approximate surface area is 114 Å². The summed E-state index contributed by atoms with van der Waals surface area (Å²) in [7, 11) is 1.39. The van der Waals surface area contributed by atoms with Gasteiger partial charge in [0.15, 0.2) is 0 Å². The van der Waals surface area contributed by atoms with Crippen LogP contribution in [0, 0.1) is 0 Å². The fraction of sp³-hybridized carbons (Fsp3) is 0.300. The van der Waals surface area contributed by atoms with Crippen molar-refractivity contribution in [2.45, 2.75) is 10.7 Å². The average molecular weight is 401 g/mol. The number of rotatable bonds is 3. The van der Waals surface area contributed by atoms with E-state index in [1.807, 2.05) is 12.1 Å². The molecule has 1 rings (SSSR count). The van der Waals surface area contributed by atoms with Crippen LogP contribution < -0.4 is 0 Å². The predicted molar refractivity (Wildman–Crippen MR) is 70.7 cm³/mol. The second kappa shape index (κ2) is 6.01. The zero-order valence-corrected chi connectivity index (χ0v) is 12.8. The number of carbonyl (C=O) groups excluding carboxylic acids is 1. The van der Waals surface area contributed by atoms with Gasteiger partial charge in [-0.2, -0.15) is 0 Å². The molecule has 0 N–H and O–H groups in total. The maximum Gasteiger partial charge on any atom is 0.338 e. The first-order valence-electron chi connectivity index (χ1n) is 4.15. The molecule has 0 aliphatic carbocycles. The molecule has 0 heterocycles. The highest BCUT2D eigenvalue weighted by atomic mass is 79.9. The Morgan fingerprint density at radius 1 is 1.27 bits per heavy atom. The third-order valence-electron chi connectivity index (χ3n) is 1.97. The van der Waals surface area contributed by atoms with Crippen molar-refractivity contribution in [2.24, 2.45) is 0 Å². The summed E-state index contributed by atoms with van der Waals surface area (Å²) in [5.74, 6) is -0.306. The van der Waals surface area contributed by atoms with Crippen LogP contribution in [0.1, 0.15) is 21.5 Å². The number of hydrogen-bond acceptors (Lipinski definition) is 2. The van der Waals surface area contributed by atoms with Gasteiger partial charge in [0.25, 0.3) is 0 Å². The molecule has 0 aliphatic heterocycles. The highest BCUT2D eigenvalue weighted by Crippen LogP contribution is 2.26. The fourth-order valence-corrected chi connectivity index (χ4v) is 3.01. The van der Waals surface area contributed by atoms with E-state index in [-0.39, 0.29) is 5.97 Å². The van der Waals surface area contributed by atoms with Gasteiger partial charge in [-0.05, 0) is 23.3 Å². The van der Waals surface area contributed by atoms with Crippen LogP contribution in [0.25, 0.3) is 0 Å². The monoisotopic (exact) mass is 398 g/mol. The van der Waals surface area contributed by atoms with Gasteiger partial charge in [0.1, 0.15) is 0 Å². The molecule has 2 nitrogen and oxygen atoms in total. The van der Waals surface area contributed by atoms with Crippen molar-refractivity contribution < 1.29 is 9.53 Å². The molecule has 0 saturated carbocycles. The lowest BCUT2D eigenvalue weighted by molar-refractivity contribution is 0.0599. The maximum atomic E-state index is 11.5. The van der Waals surface area contributed by atoms with Crippen LogP contribution in [-0.2, 0) is 15.4 Å². The third kappa shape index (κ3) is 3.04. The first-order valence-corrected chi connectivity index (χ1v) is 7.19. The minimum Gasteiger partial charge on any atom is -0.465 e. The summed E-state index contributed by atoms with van der Waals surface area (Å²) in [6, 6.07) is 3.76. The highest BCUT2D eigenvalue weighted by Gasteiger charge is 2.13. The molecule has 0 aromatic heterocycles. The summed E-state index contributed by atoms with van der Waals surface area (Å²) < 4.78 is 5.72. The van der Waals surface area contributed by atoms with Crippen molar-refractivity contribution in [1.29, 1.82) is 0 Å². The molecule has 0 unspecified atom stereocenters. The van der Waals surface area contributed by atoms with Gasteiger partial charge in [-0.15, -0.1) is 0 Å². The van der Waals surface area contributed by atoms with Crippen LogP contribution in [0.5, 0.6) is 0 Å². The van der Waals surface area contributed by atoms with Crippen LogP contribution in [0.15, 0.2) is 16.6 Å². The molecule has 0 amide bonds. The van der Waals surface area contributed by atoms with Crippen molar-refractivity contribution in [3.8, 4) is 0 Å². The number of hydrogen-bond donors (Lipinski definition) is 0. The molecule has 15 heavy (non-hydrogen) atoms. The fourth-order valence-electron chi connectivity index (χ4n) is 1.17. The molecule has 5 heteroatoms. The molecule has 0 radical (unpaired) electrons. The number of alkyl halides is 2. The maximum absolute atomic E-state index is 11.5. The van der Waals surface area contributed by atoms with Gasteiger partial charge < -0.3 is 4.74 Å². The molecule has 1 aromatic rings. The number of methoxy groups -OCH3 is 1. The molecular weight excluding hydrogens is 392 g/mol. The Balaban J connectivity index is 3.28. The van der Waals surface area contributed by atoms with E-state index in [0.717, 1.165) is 15.6 Å². The van der Waals surface area contributed by atoms with Crippen molar-refractivity contribution in [2.75, 3.05) is 7.11 Å². The van der Waals surface area contributed by atoms with Crippen LogP contribution in [0.4, 0.5) is 0 Å². The number of esters is 1. The lowest BCUT2D eigenvalue weighted by atomic mass is 10.1. The molecule has 0 atom stereocenters. The first kappa shape index (κ1) is 13.2. The normalized spacial score (nSPS) is 10.1. The zero-order valence-electron chi connectivity index (χ0n) is 8.02. The summed E-state index contributed by atoms with van der Waals surface area (Å²) in [6.07, 6.45) is 0. The molecule has 0 fully saturated rings. The van der Waals surface area contributed by atoms with E-state index in [2.05, 4.69) is 47.8 Å². The van der Waals surface area contributed by atoms with Crippen molar-refractivity contribution >= 4 is 53.8 Å². The standard InChI is InChI=1S/C10H9Br3O2/c1-15-10(14)8-2-7(5-12)9(13)3-6(8)4-11/h2-3H,4-5H2,1H3. The lowest BCUT2D eigenvalue weighted by Gasteiger charge is -2.09. The molecular formula is C10H9Br3O2. The summed E-state index contributed by atoms with van der Waals surface area (Å²) in [4.78, 5) is 11.5. The minimum absolute atomic E-state index is 0.306. The molecule has 0 bridgehead atoms. The Bertz CT molecular complexity index is 377. The van der Waals surface area contributed by atoms with E-state index in [1.54, 1.807) is 0 Å². The Morgan fingerprint density at radius 3 is 2.33 bits per heavy atom. The van der Waals surface area contributed by atoms with Crippen LogP contribution in [0.2, 0.25) is 0 Å². The average Bonchev–Trinajstić information content (AvgIpc) is 2.27. The van der Waals surface area contributed by atoms with E-state index >= 15 is 0 Å². The molecule has 1 aromatic carbocycles. The van der Waals surface area contributed by atoms with E-state index in [9.17, 15) is 4.79 Å². The van der Waals surface area contributed by atoms with Gasteiger partial charge in [-0.25, -0.2) is 4.79 Å². The SMILES string of the molecule is COC(=O)c1cc(CBr)c(Br)cc1CBr. The van der Waals surface area contributed by atoms with Gasteiger partial charge in [0.05, 0.1) is 12.7 Å². The first-order chi connectivity index (χ1) is 7.13. The summed E-state index contributed by atoms with van der Waals surface area (Å²) in [6.45, 7) is 0. The Hall–Kier alpha value is 0.130. The predicted octanol–water partition coefficient (Wildman–Crippen LogP) is 4.03. The van der Waals surface area contributed by atoms with Crippen LogP contribution in [-0.4, -0.2) is 13.1 Å². The van der Waals surface area contributed by atoms with Gasteiger partial charge in [0, 0.05) is 15.1 Å². The van der Waals surface area contributed by atoms with Gasteiger partial charge in [0.2, 0.25) is 0 Å². The molecule has 0 saturated heterocycles. The molecule has 0 aliphatic rings. The van der Waals surface area contributed by atoms with Crippen LogP contribution in [0.3, 0.4) is 0 Å². The van der Waals surface area contributed by atoms with Gasteiger partial charge in [-0.1, -0.05) is 47.8 Å². The second-order valence-electron chi connectivity index (χ2n) is 2.86. The molecule has 82 valence electrons. The quantitative estimate of drug-likeness (QED) is 0.565. The second-order valence-corrected chi connectivity index (χ2v) is 4.84. The smallest absolute Gasteiger partial charge is 0.338 e. The van der Waals surface area contributed by atoms with Gasteiger partial charge in [-0.3, -0.25) is 0 Å². The number of benzene rings is 1. The summed E-state index contributed by atoms with van der Waals surface area (Å²) >= 11 is 10.2. The van der Waals surface area contributed by atoms with E-state index < -0.39 is 0 Å². The Kier molecular flexibility index (Phi) is 5.29. The number of carbonyl (C=O) groups is 1. The number of ether oxygens (including phenoxy) is 1. The van der Waals surface area contributed by atoms with E-state index in [4.69, 9.17) is 4.74 Å². The lowest BCUT2D eigenvalue weighted by Crippen LogP contribution is -2.06. The minimum atomic E-state index is -0.306. The third-order valence-corrected chi connectivity index (χ3v) is 3.91. The van der Waals surface area contributed by atoms with Gasteiger partial charge >= 0.3 is 5.97 Å². The number of halogens is 3. The highest BCUT2D eigenvalue weighted by molar-refractivity contribution is 9.10. The largest absolute Gasteiger partial charge is 0.465 e. The van der Waals surface area contributed by atoms with E-state index in [0.29, 0.717) is 16.2 Å². The van der Waals surface area contributed by atoms with Crippen molar-refractivity contribution in [3.05, 3.63) is 33.3 Å². The van der Waals surface area contributed by atoms with Crippen LogP contribution >= 0.6 is 47.8 Å². The van der Waals surface area contributed by atoms with Crippen molar-refractivity contribution in [1.82, 2.24) is 0 Å². The van der Waals surface area contributed by atoms with E-state index in [1.165, 1.54) is 7.11 Å². The topological polar surface area (TPSA) is 26.3 Å². The summed E-state index contributed by atoms with van der Waals surface area (Å²) in [5.41, 5.74) is 2.55.